The van der Waals surface area contributed by atoms with Crippen molar-refractivity contribution < 1.29 is 4.79 Å². The van der Waals surface area contributed by atoms with Gasteiger partial charge in [0.05, 0.1) is 12.2 Å². The Hall–Kier alpha value is 0.0500. The topological polar surface area (TPSA) is 44.4 Å². The van der Waals surface area contributed by atoms with Crippen LogP contribution in [0.15, 0.2) is 25.6 Å². The molecule has 1 saturated heterocycles. The normalized spacial score (nSPS) is 15.2. The van der Waals surface area contributed by atoms with Gasteiger partial charge in [-0.25, -0.2) is 0 Å². The summed E-state index contributed by atoms with van der Waals surface area (Å²) in [6.07, 6.45) is 0. The fourth-order valence-electron chi connectivity index (χ4n) is 2.06. The van der Waals surface area contributed by atoms with Gasteiger partial charge in [-0.1, -0.05) is 22.9 Å². The first-order valence-electron chi connectivity index (χ1n) is 6.40. The molecule has 20 heavy (non-hydrogen) atoms. The Morgan fingerprint density at radius 2 is 1.95 bits per heavy atom. The molecule has 1 amide bonds. The Kier molecular flexibility index (Phi) is 6.04. The van der Waals surface area contributed by atoms with E-state index in [2.05, 4.69) is 70.2 Å². The lowest BCUT2D eigenvalue weighted by Crippen LogP contribution is -2.58. The van der Waals surface area contributed by atoms with E-state index >= 15 is 0 Å². The van der Waals surface area contributed by atoms with Gasteiger partial charge in [-0.05, 0) is 50.5 Å². The van der Waals surface area contributed by atoms with E-state index < -0.39 is 0 Å². The standard InChI is InChI=1S/C13H16Br3N3O/c1-2-19(9-5-17-6-9)7-12(20)18-13-10(15)3-8(14)4-11(13)16/h3-4,9,17H,2,5-7H2,1H3,(H,18,20). The third-order valence-electron chi connectivity index (χ3n) is 3.30. The number of benzene rings is 1. The molecule has 7 heteroatoms. The Morgan fingerprint density at radius 3 is 2.40 bits per heavy atom. The van der Waals surface area contributed by atoms with Gasteiger partial charge < -0.3 is 10.6 Å². The second-order valence-corrected chi connectivity index (χ2v) is 7.29. The van der Waals surface area contributed by atoms with Gasteiger partial charge in [0.2, 0.25) is 5.91 Å². The summed E-state index contributed by atoms with van der Waals surface area (Å²) in [5, 5.41) is 6.19. The van der Waals surface area contributed by atoms with Crippen LogP contribution in [0.2, 0.25) is 0 Å². The molecule has 0 bridgehead atoms. The largest absolute Gasteiger partial charge is 0.323 e. The summed E-state index contributed by atoms with van der Waals surface area (Å²) < 4.78 is 2.64. The highest BCUT2D eigenvalue weighted by Gasteiger charge is 2.25. The zero-order valence-corrected chi connectivity index (χ0v) is 15.8. The van der Waals surface area contributed by atoms with Crippen molar-refractivity contribution in [1.82, 2.24) is 10.2 Å². The number of anilines is 1. The van der Waals surface area contributed by atoms with Crippen LogP contribution in [0.25, 0.3) is 0 Å². The van der Waals surface area contributed by atoms with Crippen LogP contribution in [0, 0.1) is 0 Å². The molecule has 0 aromatic heterocycles. The number of carbonyl (C=O) groups excluding carboxylic acids is 1. The first-order chi connectivity index (χ1) is 9.51. The van der Waals surface area contributed by atoms with Crippen molar-refractivity contribution in [1.29, 1.82) is 0 Å². The molecule has 1 fully saturated rings. The van der Waals surface area contributed by atoms with E-state index in [0.717, 1.165) is 38.7 Å². The van der Waals surface area contributed by atoms with Gasteiger partial charge in [-0.15, -0.1) is 0 Å². The lowest BCUT2D eigenvalue weighted by molar-refractivity contribution is -0.118. The number of hydrogen-bond acceptors (Lipinski definition) is 3. The summed E-state index contributed by atoms with van der Waals surface area (Å²) in [6.45, 7) is 5.30. The maximum atomic E-state index is 12.2. The summed E-state index contributed by atoms with van der Waals surface area (Å²) in [4.78, 5) is 14.4. The molecule has 0 spiro atoms. The molecule has 1 aliphatic rings. The van der Waals surface area contributed by atoms with Gasteiger partial charge >= 0.3 is 0 Å². The van der Waals surface area contributed by atoms with Crippen LogP contribution in [0.5, 0.6) is 0 Å². The predicted molar refractivity (Wildman–Crippen MR) is 92.1 cm³/mol. The van der Waals surface area contributed by atoms with Gasteiger partial charge in [0.15, 0.2) is 0 Å². The van der Waals surface area contributed by atoms with Crippen LogP contribution in [0.1, 0.15) is 6.92 Å². The van der Waals surface area contributed by atoms with Gasteiger partial charge in [-0.2, -0.15) is 0 Å². The van der Waals surface area contributed by atoms with Crippen molar-refractivity contribution >= 4 is 59.4 Å². The van der Waals surface area contributed by atoms with Crippen molar-refractivity contribution in [2.75, 3.05) is 31.5 Å². The molecular formula is C13H16Br3N3O. The first kappa shape index (κ1) is 16.4. The molecule has 2 N–H and O–H groups in total. The molecule has 0 atom stereocenters. The number of halogens is 3. The van der Waals surface area contributed by atoms with Crippen LogP contribution in [-0.2, 0) is 4.79 Å². The highest BCUT2D eigenvalue weighted by Crippen LogP contribution is 2.34. The summed E-state index contributed by atoms with van der Waals surface area (Å²) in [6, 6.07) is 4.30. The summed E-state index contributed by atoms with van der Waals surface area (Å²) in [5.41, 5.74) is 0.765. The second-order valence-electron chi connectivity index (χ2n) is 4.67. The van der Waals surface area contributed by atoms with Crippen LogP contribution in [0.3, 0.4) is 0 Å². The fourth-order valence-corrected chi connectivity index (χ4v) is 4.51. The van der Waals surface area contributed by atoms with E-state index in [9.17, 15) is 4.79 Å². The van der Waals surface area contributed by atoms with Gasteiger partial charge in [0.25, 0.3) is 0 Å². The highest BCUT2D eigenvalue weighted by molar-refractivity contribution is 9.11. The number of nitrogens with zero attached hydrogens (tertiary/aromatic N) is 1. The Labute approximate surface area is 144 Å². The van der Waals surface area contributed by atoms with Gasteiger partial charge in [0.1, 0.15) is 0 Å². The summed E-state index contributed by atoms with van der Waals surface area (Å²) in [7, 11) is 0. The molecule has 110 valence electrons. The van der Waals surface area contributed by atoms with E-state index in [-0.39, 0.29) is 5.91 Å². The number of amides is 1. The lowest BCUT2D eigenvalue weighted by atomic mass is 10.1. The molecule has 1 aromatic carbocycles. The monoisotopic (exact) mass is 467 g/mol. The van der Waals surface area contributed by atoms with Crippen LogP contribution >= 0.6 is 47.8 Å². The quantitative estimate of drug-likeness (QED) is 0.696. The van der Waals surface area contributed by atoms with E-state index in [1.165, 1.54) is 0 Å². The van der Waals surface area contributed by atoms with Crippen LogP contribution in [-0.4, -0.2) is 43.0 Å². The minimum Gasteiger partial charge on any atom is -0.323 e. The van der Waals surface area contributed by atoms with Crippen molar-refractivity contribution in [2.24, 2.45) is 0 Å². The third kappa shape index (κ3) is 4.04. The molecule has 1 aromatic rings. The van der Waals surface area contributed by atoms with E-state index in [1.807, 2.05) is 12.1 Å². The Bertz CT molecular complexity index is 483. The highest BCUT2D eigenvalue weighted by atomic mass is 79.9. The summed E-state index contributed by atoms with van der Waals surface area (Å²) >= 11 is 10.3. The smallest absolute Gasteiger partial charge is 0.238 e. The zero-order valence-electron chi connectivity index (χ0n) is 11.0. The molecule has 0 radical (unpaired) electrons. The minimum atomic E-state index is 0.00229. The average Bonchev–Trinajstić information content (AvgIpc) is 2.30. The van der Waals surface area contributed by atoms with Gasteiger partial charge in [-0.3, -0.25) is 9.69 Å². The molecule has 2 rings (SSSR count). The number of carbonyl (C=O) groups is 1. The molecule has 1 heterocycles. The zero-order chi connectivity index (χ0) is 14.7. The predicted octanol–water partition coefficient (Wildman–Crippen LogP) is 3.21. The molecule has 4 nitrogen and oxygen atoms in total. The summed E-state index contributed by atoms with van der Waals surface area (Å²) in [5.74, 6) is 0.00229. The van der Waals surface area contributed by atoms with Crippen molar-refractivity contribution in [3.63, 3.8) is 0 Å². The minimum absolute atomic E-state index is 0.00229. The number of likely N-dealkylation sites (N-methyl/N-ethyl adjacent to an activating group) is 1. The fraction of sp³-hybridized carbons (Fsp3) is 0.462. The van der Waals surface area contributed by atoms with Crippen molar-refractivity contribution in [3.05, 3.63) is 25.6 Å². The maximum Gasteiger partial charge on any atom is 0.238 e. The van der Waals surface area contributed by atoms with Crippen molar-refractivity contribution in [3.8, 4) is 0 Å². The molecule has 1 aliphatic heterocycles. The molecule has 0 saturated carbocycles. The lowest BCUT2D eigenvalue weighted by Gasteiger charge is -2.37. The van der Waals surface area contributed by atoms with Gasteiger partial charge in [0, 0.05) is 32.5 Å². The average molecular weight is 470 g/mol. The SMILES string of the molecule is CCN(CC(=O)Nc1c(Br)cc(Br)cc1Br)C1CNC1. The second kappa shape index (κ2) is 7.35. The molecular weight excluding hydrogens is 454 g/mol. The number of hydrogen-bond donors (Lipinski definition) is 2. The number of rotatable bonds is 5. The first-order valence-corrected chi connectivity index (χ1v) is 8.78. The Balaban J connectivity index is 2.00. The number of nitrogens with one attached hydrogen (secondary N) is 2. The van der Waals surface area contributed by atoms with Crippen molar-refractivity contribution in [2.45, 2.75) is 13.0 Å². The Morgan fingerprint density at radius 1 is 1.35 bits per heavy atom. The van der Waals surface area contributed by atoms with E-state index in [0.29, 0.717) is 12.6 Å². The third-order valence-corrected chi connectivity index (χ3v) is 5.01. The molecule has 0 unspecified atom stereocenters. The van der Waals surface area contributed by atoms with Crippen LogP contribution < -0.4 is 10.6 Å². The van der Waals surface area contributed by atoms with E-state index in [1.54, 1.807) is 0 Å². The molecule has 0 aliphatic carbocycles. The van der Waals surface area contributed by atoms with Crippen LogP contribution in [0.4, 0.5) is 5.69 Å². The maximum absolute atomic E-state index is 12.2. The van der Waals surface area contributed by atoms with E-state index in [4.69, 9.17) is 0 Å².